The van der Waals surface area contributed by atoms with Gasteiger partial charge in [-0.3, -0.25) is 9.69 Å². The highest BCUT2D eigenvalue weighted by atomic mass is 19.1. The maximum Gasteiger partial charge on any atom is 0.258 e. The van der Waals surface area contributed by atoms with Crippen LogP contribution in [0.1, 0.15) is 18.4 Å². The zero-order valence-corrected chi connectivity index (χ0v) is 14.2. The first-order valence-corrected chi connectivity index (χ1v) is 8.63. The van der Waals surface area contributed by atoms with Crippen molar-refractivity contribution in [1.29, 1.82) is 0 Å². The predicted molar refractivity (Wildman–Crippen MR) is 94.8 cm³/mol. The minimum absolute atomic E-state index is 0.00776. The van der Waals surface area contributed by atoms with Crippen molar-refractivity contribution in [1.82, 2.24) is 10.2 Å². The van der Waals surface area contributed by atoms with E-state index < -0.39 is 0 Å². The second-order valence-electron chi connectivity index (χ2n) is 6.33. The molecule has 1 atom stereocenters. The third-order valence-electron chi connectivity index (χ3n) is 4.34. The van der Waals surface area contributed by atoms with E-state index in [1.165, 1.54) is 6.07 Å². The summed E-state index contributed by atoms with van der Waals surface area (Å²) in [4.78, 5) is 14.3. The first-order valence-electron chi connectivity index (χ1n) is 8.63. The van der Waals surface area contributed by atoms with Gasteiger partial charge in [0, 0.05) is 24.7 Å². The molecule has 2 aromatic rings. The largest absolute Gasteiger partial charge is 0.484 e. The summed E-state index contributed by atoms with van der Waals surface area (Å²) in [5.74, 6) is 0.383. The Morgan fingerprint density at radius 1 is 1.16 bits per heavy atom. The molecule has 5 heteroatoms. The summed E-state index contributed by atoms with van der Waals surface area (Å²) in [5.41, 5.74) is 0.696. The Hall–Kier alpha value is -2.40. The van der Waals surface area contributed by atoms with Crippen molar-refractivity contribution in [2.24, 2.45) is 0 Å². The van der Waals surface area contributed by atoms with Crippen LogP contribution in [-0.4, -0.2) is 36.5 Å². The number of amides is 1. The molecule has 1 heterocycles. The van der Waals surface area contributed by atoms with Crippen molar-refractivity contribution in [2.45, 2.75) is 25.4 Å². The van der Waals surface area contributed by atoms with E-state index in [1.807, 2.05) is 42.5 Å². The molecule has 1 aliphatic rings. The summed E-state index contributed by atoms with van der Waals surface area (Å²) in [6.07, 6.45) is 1.92. The summed E-state index contributed by atoms with van der Waals surface area (Å²) < 4.78 is 19.3. The van der Waals surface area contributed by atoms with E-state index in [1.54, 1.807) is 6.07 Å². The van der Waals surface area contributed by atoms with Gasteiger partial charge in [-0.05, 0) is 37.6 Å². The van der Waals surface area contributed by atoms with Crippen molar-refractivity contribution >= 4 is 5.91 Å². The lowest BCUT2D eigenvalue weighted by atomic mass is 10.0. The highest BCUT2D eigenvalue weighted by molar-refractivity contribution is 5.77. The Morgan fingerprint density at radius 2 is 1.92 bits per heavy atom. The van der Waals surface area contributed by atoms with Crippen LogP contribution < -0.4 is 10.1 Å². The Balaban J connectivity index is 1.46. The fourth-order valence-corrected chi connectivity index (χ4v) is 3.12. The first kappa shape index (κ1) is 17.4. The summed E-state index contributed by atoms with van der Waals surface area (Å²) in [6, 6.07) is 16.2. The highest BCUT2D eigenvalue weighted by Crippen LogP contribution is 2.16. The number of likely N-dealkylation sites (tertiary alicyclic amines) is 1. The molecular formula is C20H23FN2O2. The number of carbonyl (C=O) groups excluding carboxylic acids is 1. The molecule has 3 rings (SSSR count). The van der Waals surface area contributed by atoms with Crippen LogP contribution in [-0.2, 0) is 11.3 Å². The first-order chi connectivity index (χ1) is 12.2. The van der Waals surface area contributed by atoms with E-state index >= 15 is 0 Å². The van der Waals surface area contributed by atoms with Gasteiger partial charge in [0.15, 0.2) is 6.61 Å². The van der Waals surface area contributed by atoms with Gasteiger partial charge in [-0.2, -0.15) is 0 Å². The summed E-state index contributed by atoms with van der Waals surface area (Å²) in [7, 11) is 0. The molecule has 25 heavy (non-hydrogen) atoms. The van der Waals surface area contributed by atoms with Gasteiger partial charge in [0.2, 0.25) is 0 Å². The summed E-state index contributed by atoms with van der Waals surface area (Å²) in [5, 5.41) is 3.02. The zero-order chi connectivity index (χ0) is 17.5. The predicted octanol–water partition coefficient (Wildman–Crippen LogP) is 2.99. The Kier molecular flexibility index (Phi) is 6.01. The van der Waals surface area contributed by atoms with Crippen LogP contribution in [0.2, 0.25) is 0 Å². The molecule has 0 unspecified atom stereocenters. The van der Waals surface area contributed by atoms with E-state index in [-0.39, 0.29) is 24.4 Å². The maximum atomic E-state index is 13.8. The number of hydrogen-bond donors (Lipinski definition) is 1. The number of hydrogen-bond acceptors (Lipinski definition) is 3. The topological polar surface area (TPSA) is 41.6 Å². The van der Waals surface area contributed by atoms with Crippen molar-refractivity contribution in [3.63, 3.8) is 0 Å². The molecule has 2 aromatic carbocycles. The lowest BCUT2D eigenvalue weighted by Gasteiger charge is -2.33. The van der Waals surface area contributed by atoms with Crippen LogP contribution in [0, 0.1) is 5.82 Å². The van der Waals surface area contributed by atoms with Gasteiger partial charge < -0.3 is 10.1 Å². The van der Waals surface area contributed by atoms with Crippen molar-refractivity contribution in [2.75, 3.05) is 19.7 Å². The Labute approximate surface area is 147 Å². The van der Waals surface area contributed by atoms with Gasteiger partial charge in [-0.25, -0.2) is 4.39 Å². The third kappa shape index (κ3) is 5.29. The van der Waals surface area contributed by atoms with Crippen LogP contribution in [0.3, 0.4) is 0 Å². The molecule has 1 saturated heterocycles. The SMILES string of the molecule is O=C(COc1ccccc1)N[C@H]1CCCN(Cc2ccccc2F)C1. The highest BCUT2D eigenvalue weighted by Gasteiger charge is 2.22. The average molecular weight is 342 g/mol. The lowest BCUT2D eigenvalue weighted by Crippen LogP contribution is -2.48. The van der Waals surface area contributed by atoms with Gasteiger partial charge >= 0.3 is 0 Å². The van der Waals surface area contributed by atoms with Crippen molar-refractivity contribution < 1.29 is 13.9 Å². The summed E-state index contributed by atoms with van der Waals surface area (Å²) >= 11 is 0. The number of piperidine rings is 1. The number of ether oxygens (including phenoxy) is 1. The number of rotatable bonds is 6. The molecule has 0 aromatic heterocycles. The quantitative estimate of drug-likeness (QED) is 0.877. The number of carbonyl (C=O) groups is 1. The van der Waals surface area contributed by atoms with Crippen LogP contribution in [0.4, 0.5) is 4.39 Å². The van der Waals surface area contributed by atoms with Crippen LogP contribution >= 0.6 is 0 Å². The van der Waals surface area contributed by atoms with Crippen LogP contribution in [0.25, 0.3) is 0 Å². The van der Waals surface area contributed by atoms with E-state index in [0.29, 0.717) is 17.9 Å². The molecule has 0 aliphatic carbocycles. The van der Waals surface area contributed by atoms with Crippen LogP contribution in [0.15, 0.2) is 54.6 Å². The molecule has 132 valence electrons. The maximum absolute atomic E-state index is 13.8. The van der Waals surface area contributed by atoms with E-state index in [0.717, 1.165) is 25.9 Å². The van der Waals surface area contributed by atoms with E-state index in [4.69, 9.17) is 4.74 Å². The standard InChI is InChI=1S/C20H23FN2O2/c21-19-11-5-4-7-16(19)13-23-12-6-8-17(14-23)22-20(24)15-25-18-9-2-1-3-10-18/h1-5,7,9-11,17H,6,8,12-15H2,(H,22,24)/t17-/m0/s1. The zero-order valence-electron chi connectivity index (χ0n) is 14.2. The van der Waals surface area contributed by atoms with E-state index in [2.05, 4.69) is 10.2 Å². The lowest BCUT2D eigenvalue weighted by molar-refractivity contribution is -0.124. The molecule has 0 radical (unpaired) electrons. The second-order valence-corrected chi connectivity index (χ2v) is 6.33. The molecule has 4 nitrogen and oxygen atoms in total. The number of para-hydroxylation sites is 1. The molecule has 0 saturated carbocycles. The molecule has 1 N–H and O–H groups in total. The fourth-order valence-electron chi connectivity index (χ4n) is 3.12. The Bertz CT molecular complexity index is 693. The molecule has 0 spiro atoms. The Morgan fingerprint density at radius 3 is 2.72 bits per heavy atom. The minimum Gasteiger partial charge on any atom is -0.484 e. The number of benzene rings is 2. The third-order valence-corrected chi connectivity index (χ3v) is 4.34. The average Bonchev–Trinajstić information content (AvgIpc) is 2.63. The number of nitrogens with zero attached hydrogens (tertiary/aromatic N) is 1. The monoisotopic (exact) mass is 342 g/mol. The molecular weight excluding hydrogens is 319 g/mol. The smallest absolute Gasteiger partial charge is 0.258 e. The van der Waals surface area contributed by atoms with Gasteiger partial charge in [-0.1, -0.05) is 36.4 Å². The molecule has 1 aliphatic heterocycles. The molecule has 1 amide bonds. The normalized spacial score (nSPS) is 17.9. The van der Waals surface area contributed by atoms with Gasteiger partial charge in [0.05, 0.1) is 0 Å². The second kappa shape index (κ2) is 8.62. The summed E-state index contributed by atoms with van der Waals surface area (Å²) in [6.45, 7) is 2.22. The van der Waals surface area contributed by atoms with E-state index in [9.17, 15) is 9.18 Å². The molecule has 1 fully saturated rings. The number of nitrogens with one attached hydrogen (secondary N) is 1. The molecule has 0 bridgehead atoms. The minimum atomic E-state index is -0.176. The van der Waals surface area contributed by atoms with Crippen LogP contribution in [0.5, 0.6) is 5.75 Å². The van der Waals surface area contributed by atoms with Gasteiger partial charge in [0.1, 0.15) is 11.6 Å². The van der Waals surface area contributed by atoms with Crippen molar-refractivity contribution in [3.05, 3.63) is 66.0 Å². The van der Waals surface area contributed by atoms with Gasteiger partial charge in [0.25, 0.3) is 5.91 Å². The van der Waals surface area contributed by atoms with Crippen molar-refractivity contribution in [3.8, 4) is 5.75 Å². The number of halogens is 1. The fraction of sp³-hybridized carbons (Fsp3) is 0.350. The van der Waals surface area contributed by atoms with Gasteiger partial charge in [-0.15, -0.1) is 0 Å².